The van der Waals surface area contributed by atoms with E-state index in [4.69, 9.17) is 11.6 Å². The Bertz CT molecular complexity index is 723. The molecule has 1 heterocycles. The van der Waals surface area contributed by atoms with Crippen molar-refractivity contribution in [2.45, 2.75) is 20.0 Å². The van der Waals surface area contributed by atoms with Gasteiger partial charge in [0.1, 0.15) is 12.2 Å². The number of aryl methyl sites for hydroxylation is 1. The molecule has 6 nitrogen and oxygen atoms in total. The van der Waals surface area contributed by atoms with Crippen LogP contribution in [0.25, 0.3) is 6.08 Å². The van der Waals surface area contributed by atoms with Crippen LogP contribution in [0.15, 0.2) is 36.0 Å². The van der Waals surface area contributed by atoms with Crippen molar-refractivity contribution < 1.29 is 8.42 Å². The van der Waals surface area contributed by atoms with Crippen LogP contribution >= 0.6 is 11.6 Å². The van der Waals surface area contributed by atoms with Gasteiger partial charge in [-0.1, -0.05) is 23.7 Å². The summed E-state index contributed by atoms with van der Waals surface area (Å²) >= 11 is 5.77. The number of rotatable bonds is 6. The van der Waals surface area contributed by atoms with Crippen LogP contribution in [0.4, 0.5) is 0 Å². The van der Waals surface area contributed by atoms with Crippen molar-refractivity contribution in [2.24, 2.45) is 0 Å². The van der Waals surface area contributed by atoms with Crippen LogP contribution in [-0.4, -0.2) is 23.2 Å². The SMILES string of the molecule is CCn1cnnc1CNS(=O)(=O)C=Cc1ccc(Cl)cc1. The standard InChI is InChI=1S/C13H15ClN4O2S/c1-2-18-10-15-17-13(18)9-16-21(19,20)8-7-11-3-5-12(14)6-4-11/h3-8,10,16H,2,9H2,1H3. The maximum Gasteiger partial charge on any atom is 0.234 e. The molecule has 0 saturated heterocycles. The Kier molecular flexibility index (Phi) is 5.11. The van der Waals surface area contributed by atoms with E-state index >= 15 is 0 Å². The predicted octanol–water partition coefficient (Wildman–Crippen LogP) is 2.04. The monoisotopic (exact) mass is 326 g/mol. The number of nitrogens with zero attached hydrogens (tertiary/aromatic N) is 3. The largest absolute Gasteiger partial charge is 0.317 e. The quantitative estimate of drug-likeness (QED) is 0.881. The van der Waals surface area contributed by atoms with Crippen LogP contribution < -0.4 is 4.72 Å². The van der Waals surface area contributed by atoms with Gasteiger partial charge in [-0.15, -0.1) is 10.2 Å². The molecule has 0 aliphatic carbocycles. The molecule has 0 saturated carbocycles. The lowest BCUT2D eigenvalue weighted by molar-refractivity contribution is 0.584. The van der Waals surface area contributed by atoms with E-state index in [-0.39, 0.29) is 6.54 Å². The highest BCUT2D eigenvalue weighted by Gasteiger charge is 2.08. The van der Waals surface area contributed by atoms with Gasteiger partial charge in [-0.2, -0.15) is 0 Å². The minimum Gasteiger partial charge on any atom is -0.317 e. The van der Waals surface area contributed by atoms with Gasteiger partial charge in [0.25, 0.3) is 0 Å². The molecule has 0 radical (unpaired) electrons. The molecule has 0 amide bonds. The average Bonchev–Trinajstić information content (AvgIpc) is 2.92. The highest BCUT2D eigenvalue weighted by atomic mass is 35.5. The van der Waals surface area contributed by atoms with Gasteiger partial charge in [-0.05, 0) is 30.7 Å². The summed E-state index contributed by atoms with van der Waals surface area (Å²) < 4.78 is 28.0. The van der Waals surface area contributed by atoms with E-state index in [1.54, 1.807) is 35.2 Å². The topological polar surface area (TPSA) is 76.9 Å². The van der Waals surface area contributed by atoms with Crippen molar-refractivity contribution in [1.82, 2.24) is 19.5 Å². The fraction of sp³-hybridized carbons (Fsp3) is 0.231. The summed E-state index contributed by atoms with van der Waals surface area (Å²) in [6, 6.07) is 6.88. The lowest BCUT2D eigenvalue weighted by atomic mass is 10.2. The highest BCUT2D eigenvalue weighted by Crippen LogP contribution is 2.11. The number of halogens is 1. The first kappa shape index (κ1) is 15.7. The molecule has 8 heteroatoms. The first-order valence-electron chi connectivity index (χ1n) is 6.30. The van der Waals surface area contributed by atoms with Crippen LogP contribution in [-0.2, 0) is 23.1 Å². The smallest absolute Gasteiger partial charge is 0.234 e. The summed E-state index contributed by atoms with van der Waals surface area (Å²) in [4.78, 5) is 0. The van der Waals surface area contributed by atoms with Crippen molar-refractivity contribution in [2.75, 3.05) is 0 Å². The fourth-order valence-corrected chi connectivity index (χ4v) is 2.52. The third-order valence-corrected chi connectivity index (χ3v) is 4.07. The number of aromatic nitrogens is 3. The van der Waals surface area contributed by atoms with Crippen molar-refractivity contribution in [3.8, 4) is 0 Å². The van der Waals surface area contributed by atoms with Gasteiger partial charge in [-0.3, -0.25) is 0 Å². The molecule has 1 aromatic heterocycles. The van der Waals surface area contributed by atoms with Crippen molar-refractivity contribution in [3.63, 3.8) is 0 Å². The summed E-state index contributed by atoms with van der Waals surface area (Å²) in [5.74, 6) is 0.570. The van der Waals surface area contributed by atoms with Gasteiger partial charge in [0, 0.05) is 17.0 Å². The molecule has 0 fully saturated rings. The van der Waals surface area contributed by atoms with E-state index in [0.717, 1.165) is 11.0 Å². The number of benzene rings is 1. The maximum absolute atomic E-state index is 11.9. The first-order valence-corrected chi connectivity index (χ1v) is 8.22. The molecule has 2 aromatic rings. The molecule has 0 spiro atoms. The zero-order valence-electron chi connectivity index (χ0n) is 11.4. The Morgan fingerprint density at radius 3 is 2.71 bits per heavy atom. The first-order chi connectivity index (χ1) is 10.00. The molecule has 0 aliphatic rings. The molecular formula is C13H15ClN4O2S. The summed E-state index contributed by atoms with van der Waals surface area (Å²) in [7, 11) is -3.54. The molecule has 1 aromatic carbocycles. The summed E-state index contributed by atoms with van der Waals surface area (Å²) in [6.45, 7) is 2.72. The van der Waals surface area contributed by atoms with Crippen molar-refractivity contribution in [1.29, 1.82) is 0 Å². The second-order valence-corrected chi connectivity index (χ2v) is 6.34. The van der Waals surface area contributed by atoms with Crippen LogP contribution in [0.5, 0.6) is 0 Å². The van der Waals surface area contributed by atoms with Gasteiger partial charge in [0.05, 0.1) is 6.54 Å². The molecular weight excluding hydrogens is 312 g/mol. The Labute approximate surface area is 128 Å². The van der Waals surface area contributed by atoms with E-state index in [0.29, 0.717) is 17.4 Å². The van der Waals surface area contributed by atoms with Crippen LogP contribution in [0.2, 0.25) is 5.02 Å². The van der Waals surface area contributed by atoms with Gasteiger partial charge >= 0.3 is 0 Å². The molecule has 112 valence electrons. The van der Waals surface area contributed by atoms with E-state index < -0.39 is 10.0 Å². The lowest BCUT2D eigenvalue weighted by Gasteiger charge is -2.04. The van der Waals surface area contributed by atoms with Crippen LogP contribution in [0.3, 0.4) is 0 Å². The third kappa shape index (κ3) is 4.66. The lowest BCUT2D eigenvalue weighted by Crippen LogP contribution is -2.22. The van der Waals surface area contributed by atoms with Crippen molar-refractivity contribution in [3.05, 3.63) is 52.4 Å². The van der Waals surface area contributed by atoms with Gasteiger partial charge in [0.2, 0.25) is 10.0 Å². The molecule has 0 aliphatic heterocycles. The molecule has 0 bridgehead atoms. The van der Waals surface area contributed by atoms with E-state index in [9.17, 15) is 8.42 Å². The van der Waals surface area contributed by atoms with Crippen molar-refractivity contribution >= 4 is 27.7 Å². The Balaban J connectivity index is 2.00. The Hall–Kier alpha value is -1.70. The predicted molar refractivity (Wildman–Crippen MR) is 81.9 cm³/mol. The number of hydrogen-bond acceptors (Lipinski definition) is 4. The third-order valence-electron chi connectivity index (χ3n) is 2.78. The Morgan fingerprint density at radius 1 is 1.33 bits per heavy atom. The highest BCUT2D eigenvalue weighted by molar-refractivity contribution is 7.92. The number of sulfonamides is 1. The normalized spacial score (nSPS) is 12.1. The Morgan fingerprint density at radius 2 is 2.05 bits per heavy atom. The van der Waals surface area contributed by atoms with Crippen LogP contribution in [0.1, 0.15) is 18.3 Å². The second kappa shape index (κ2) is 6.84. The van der Waals surface area contributed by atoms with Gasteiger partial charge < -0.3 is 4.57 Å². The summed E-state index contributed by atoms with van der Waals surface area (Å²) in [5.41, 5.74) is 0.751. The average molecular weight is 327 g/mol. The fourth-order valence-electron chi connectivity index (χ4n) is 1.64. The molecule has 0 unspecified atom stereocenters. The molecule has 1 N–H and O–H groups in total. The molecule has 21 heavy (non-hydrogen) atoms. The second-order valence-electron chi connectivity index (χ2n) is 4.25. The number of hydrogen-bond donors (Lipinski definition) is 1. The van der Waals surface area contributed by atoms with E-state index in [1.165, 1.54) is 6.08 Å². The van der Waals surface area contributed by atoms with Gasteiger partial charge in [-0.25, -0.2) is 13.1 Å². The molecule has 2 rings (SSSR count). The zero-order valence-corrected chi connectivity index (χ0v) is 13.0. The summed E-state index contributed by atoms with van der Waals surface area (Å²) in [5, 5.41) is 9.33. The maximum atomic E-state index is 11.9. The minimum atomic E-state index is -3.54. The summed E-state index contributed by atoms with van der Waals surface area (Å²) in [6.07, 6.45) is 3.07. The van der Waals surface area contributed by atoms with Gasteiger partial charge in [0.15, 0.2) is 0 Å². The zero-order chi connectivity index (χ0) is 15.3. The number of nitrogens with one attached hydrogen (secondary N) is 1. The van der Waals surface area contributed by atoms with Crippen LogP contribution in [0, 0.1) is 0 Å². The van der Waals surface area contributed by atoms with E-state index in [1.807, 2.05) is 6.92 Å². The minimum absolute atomic E-state index is 0.0983. The van der Waals surface area contributed by atoms with E-state index in [2.05, 4.69) is 14.9 Å². The molecule has 0 atom stereocenters.